The number of benzene rings is 2. The Labute approximate surface area is 159 Å². The maximum Gasteiger partial charge on any atom is 0.308 e. The normalized spacial score (nSPS) is 15.8. The fourth-order valence-corrected chi connectivity index (χ4v) is 3.65. The van der Waals surface area contributed by atoms with Crippen LogP contribution in [0, 0.1) is 0 Å². The van der Waals surface area contributed by atoms with Crippen LogP contribution in [-0.2, 0) is 9.59 Å². The van der Waals surface area contributed by atoms with Gasteiger partial charge >= 0.3 is 5.97 Å². The summed E-state index contributed by atoms with van der Waals surface area (Å²) in [7, 11) is 0. The molecule has 1 saturated heterocycles. The van der Waals surface area contributed by atoms with E-state index in [1.165, 1.54) is 23.6 Å². The number of anilines is 1. The summed E-state index contributed by atoms with van der Waals surface area (Å²) in [6.07, 6.45) is 1.76. The van der Waals surface area contributed by atoms with E-state index in [1.807, 2.05) is 0 Å². The molecule has 1 aliphatic rings. The number of halogens is 1. The summed E-state index contributed by atoms with van der Waals surface area (Å²) < 4.78 is 5.46. The van der Waals surface area contributed by atoms with Gasteiger partial charge in [-0.2, -0.15) is 0 Å². The quantitative estimate of drug-likeness (QED) is 0.330. The van der Waals surface area contributed by atoms with Gasteiger partial charge in [-0.3, -0.25) is 14.5 Å². The summed E-state index contributed by atoms with van der Waals surface area (Å²) in [6.45, 7) is 1.34. The monoisotopic (exact) mass is 389 g/mol. The van der Waals surface area contributed by atoms with Gasteiger partial charge in [-0.25, -0.2) is 0 Å². The van der Waals surface area contributed by atoms with Crippen molar-refractivity contribution in [3.05, 3.63) is 64.0 Å². The lowest BCUT2D eigenvalue weighted by Crippen LogP contribution is -2.27. The molecule has 0 saturated carbocycles. The molecule has 0 radical (unpaired) electrons. The Kier molecular flexibility index (Phi) is 5.22. The third-order valence-corrected chi connectivity index (χ3v) is 4.87. The molecule has 25 heavy (non-hydrogen) atoms. The van der Waals surface area contributed by atoms with Crippen LogP contribution in [0.3, 0.4) is 0 Å². The third kappa shape index (κ3) is 4.10. The first-order chi connectivity index (χ1) is 11.9. The number of nitrogens with zero attached hydrogens (tertiary/aromatic N) is 1. The van der Waals surface area contributed by atoms with Crippen molar-refractivity contribution in [3.8, 4) is 5.75 Å². The summed E-state index contributed by atoms with van der Waals surface area (Å²) in [6, 6.07) is 13.8. The average Bonchev–Trinajstić information content (AvgIpc) is 2.84. The van der Waals surface area contributed by atoms with Crippen LogP contribution in [-0.4, -0.2) is 16.2 Å². The topological polar surface area (TPSA) is 46.6 Å². The lowest BCUT2D eigenvalue weighted by atomic mass is 10.2. The number of thiocarbonyl (C=S) groups is 1. The van der Waals surface area contributed by atoms with Crippen molar-refractivity contribution >= 4 is 63.5 Å². The molecule has 4 nitrogen and oxygen atoms in total. The number of carbonyl (C=O) groups is 2. The van der Waals surface area contributed by atoms with Crippen LogP contribution >= 0.6 is 35.6 Å². The molecule has 0 spiro atoms. The number of hydrogen-bond acceptors (Lipinski definition) is 5. The zero-order chi connectivity index (χ0) is 18.0. The fraction of sp³-hybridized carbons (Fsp3) is 0.0556. The zero-order valence-corrected chi connectivity index (χ0v) is 15.5. The summed E-state index contributed by atoms with van der Waals surface area (Å²) in [5.41, 5.74) is 1.49. The number of ether oxygens (including phenoxy) is 1. The van der Waals surface area contributed by atoms with Gasteiger partial charge in [-0.1, -0.05) is 47.7 Å². The second kappa shape index (κ2) is 7.39. The molecule has 1 heterocycles. The predicted octanol–water partition coefficient (Wildman–Crippen LogP) is 4.67. The van der Waals surface area contributed by atoms with E-state index in [9.17, 15) is 9.59 Å². The molecule has 2 aromatic rings. The van der Waals surface area contributed by atoms with Crippen molar-refractivity contribution in [2.75, 3.05) is 4.90 Å². The molecular weight excluding hydrogens is 378 g/mol. The maximum atomic E-state index is 12.7. The minimum atomic E-state index is -0.378. The summed E-state index contributed by atoms with van der Waals surface area (Å²) in [5, 5.41) is 0.595. The molecule has 0 bridgehead atoms. The van der Waals surface area contributed by atoms with Crippen LogP contribution in [0.1, 0.15) is 12.5 Å². The van der Waals surface area contributed by atoms with Gasteiger partial charge in [0.05, 0.1) is 10.6 Å². The molecule has 1 fully saturated rings. The highest BCUT2D eigenvalue weighted by Gasteiger charge is 2.33. The van der Waals surface area contributed by atoms with Crippen LogP contribution in [0.25, 0.3) is 6.08 Å². The highest BCUT2D eigenvalue weighted by atomic mass is 35.5. The van der Waals surface area contributed by atoms with Crippen LogP contribution in [0.5, 0.6) is 5.75 Å². The molecule has 1 aliphatic heterocycles. The van der Waals surface area contributed by atoms with Crippen LogP contribution in [0.4, 0.5) is 5.69 Å². The lowest BCUT2D eigenvalue weighted by molar-refractivity contribution is -0.131. The van der Waals surface area contributed by atoms with Crippen molar-refractivity contribution in [1.82, 2.24) is 0 Å². The van der Waals surface area contributed by atoms with Gasteiger partial charge in [-0.15, -0.1) is 0 Å². The summed E-state index contributed by atoms with van der Waals surface area (Å²) in [5.74, 6) is -0.101. The molecule has 7 heteroatoms. The molecule has 0 aliphatic carbocycles. The van der Waals surface area contributed by atoms with Gasteiger partial charge in [0.15, 0.2) is 4.32 Å². The van der Waals surface area contributed by atoms with Gasteiger partial charge in [0, 0.05) is 11.9 Å². The van der Waals surface area contributed by atoms with E-state index in [1.54, 1.807) is 54.6 Å². The van der Waals surface area contributed by atoms with E-state index in [2.05, 4.69) is 0 Å². The second-order valence-corrected chi connectivity index (χ2v) is 7.27. The molecule has 3 rings (SSSR count). The van der Waals surface area contributed by atoms with Gasteiger partial charge in [0.25, 0.3) is 5.91 Å². The summed E-state index contributed by atoms with van der Waals surface area (Å²) >= 11 is 12.5. The smallest absolute Gasteiger partial charge is 0.308 e. The SMILES string of the molecule is CC(=O)Oc1ccc(/C=C2\SC(=S)N(c3ccc(Cl)cc3)C2=O)cc1. The molecule has 126 valence electrons. The first-order valence-electron chi connectivity index (χ1n) is 7.26. The molecule has 0 atom stereocenters. The molecule has 0 N–H and O–H groups in total. The molecule has 0 aromatic heterocycles. The molecule has 2 aromatic carbocycles. The van der Waals surface area contributed by atoms with E-state index >= 15 is 0 Å². The summed E-state index contributed by atoms with van der Waals surface area (Å²) in [4.78, 5) is 25.6. The Hall–Kier alpha value is -2.15. The third-order valence-electron chi connectivity index (χ3n) is 3.32. The van der Waals surface area contributed by atoms with Crippen molar-refractivity contribution < 1.29 is 14.3 Å². The Morgan fingerprint density at radius 2 is 1.80 bits per heavy atom. The Bertz CT molecular complexity index is 876. The Morgan fingerprint density at radius 3 is 2.40 bits per heavy atom. The maximum absolute atomic E-state index is 12.7. The van der Waals surface area contributed by atoms with Crippen LogP contribution < -0.4 is 9.64 Å². The zero-order valence-electron chi connectivity index (χ0n) is 13.1. The Balaban J connectivity index is 1.82. The first-order valence-corrected chi connectivity index (χ1v) is 8.86. The number of thioether (sulfide) groups is 1. The predicted molar refractivity (Wildman–Crippen MR) is 105 cm³/mol. The van der Waals surface area contributed by atoms with Crippen molar-refractivity contribution in [1.29, 1.82) is 0 Å². The van der Waals surface area contributed by atoms with E-state index in [0.717, 1.165) is 5.56 Å². The number of amides is 1. The molecular formula is C18H12ClNO3S2. The number of carbonyl (C=O) groups excluding carboxylic acids is 2. The van der Waals surface area contributed by atoms with E-state index in [4.69, 9.17) is 28.6 Å². The van der Waals surface area contributed by atoms with Crippen LogP contribution in [0.15, 0.2) is 53.4 Å². The van der Waals surface area contributed by atoms with Gasteiger partial charge < -0.3 is 4.74 Å². The lowest BCUT2D eigenvalue weighted by Gasteiger charge is -2.14. The number of esters is 1. The van der Waals surface area contributed by atoms with E-state index in [0.29, 0.717) is 25.7 Å². The largest absolute Gasteiger partial charge is 0.427 e. The molecule has 1 amide bonds. The second-order valence-electron chi connectivity index (χ2n) is 5.16. The minimum Gasteiger partial charge on any atom is -0.427 e. The van der Waals surface area contributed by atoms with Gasteiger partial charge in [-0.05, 0) is 48.0 Å². The average molecular weight is 390 g/mol. The minimum absolute atomic E-state index is 0.179. The standard InChI is InChI=1S/C18H12ClNO3S2/c1-11(21)23-15-8-2-12(3-9-15)10-16-17(22)20(18(24)25-16)14-6-4-13(19)5-7-14/h2-10H,1H3/b16-10-. The molecule has 0 unspecified atom stereocenters. The van der Waals surface area contributed by atoms with Crippen molar-refractivity contribution in [2.24, 2.45) is 0 Å². The van der Waals surface area contributed by atoms with Gasteiger partial charge in [0.1, 0.15) is 5.75 Å². The van der Waals surface area contributed by atoms with E-state index < -0.39 is 0 Å². The Morgan fingerprint density at radius 1 is 1.16 bits per heavy atom. The van der Waals surface area contributed by atoms with Crippen LogP contribution in [0.2, 0.25) is 5.02 Å². The van der Waals surface area contributed by atoms with E-state index in [-0.39, 0.29) is 11.9 Å². The first kappa shape index (κ1) is 17.7. The highest BCUT2D eigenvalue weighted by molar-refractivity contribution is 8.27. The number of hydrogen-bond donors (Lipinski definition) is 0. The number of rotatable bonds is 3. The van der Waals surface area contributed by atoms with Gasteiger partial charge in [0.2, 0.25) is 0 Å². The van der Waals surface area contributed by atoms with Crippen molar-refractivity contribution in [2.45, 2.75) is 6.92 Å². The fourth-order valence-electron chi connectivity index (χ4n) is 2.23. The highest BCUT2D eigenvalue weighted by Crippen LogP contribution is 2.36. The van der Waals surface area contributed by atoms with Crippen molar-refractivity contribution in [3.63, 3.8) is 0 Å².